The highest BCUT2D eigenvalue weighted by molar-refractivity contribution is 6.31. The minimum absolute atomic E-state index is 0.0390. The van der Waals surface area contributed by atoms with Crippen molar-refractivity contribution in [1.29, 1.82) is 0 Å². The molecule has 0 unspecified atom stereocenters. The number of hydrogen-bond donors (Lipinski definition) is 2. The van der Waals surface area contributed by atoms with Crippen molar-refractivity contribution in [3.8, 4) is 11.1 Å². The van der Waals surface area contributed by atoms with Crippen LogP contribution in [0.4, 0.5) is 17.2 Å². The van der Waals surface area contributed by atoms with Crippen LogP contribution in [0, 0.1) is 6.92 Å². The summed E-state index contributed by atoms with van der Waals surface area (Å²) in [4.78, 5) is 31.8. The second kappa shape index (κ2) is 10.7. The minimum atomic E-state index is -0.0997. The van der Waals surface area contributed by atoms with Gasteiger partial charge >= 0.3 is 0 Å². The first kappa shape index (κ1) is 25.5. The Labute approximate surface area is 227 Å². The van der Waals surface area contributed by atoms with Gasteiger partial charge in [0.25, 0.3) is 5.91 Å². The molecule has 7 heteroatoms. The van der Waals surface area contributed by atoms with Crippen LogP contribution in [-0.4, -0.2) is 28.7 Å². The highest BCUT2D eigenvalue weighted by atomic mass is 35.5. The van der Waals surface area contributed by atoms with Crippen LogP contribution in [0.3, 0.4) is 0 Å². The first-order chi connectivity index (χ1) is 18.3. The lowest BCUT2D eigenvalue weighted by atomic mass is 9.95. The van der Waals surface area contributed by atoms with Gasteiger partial charge in [-0.25, -0.2) is 4.98 Å². The van der Waals surface area contributed by atoms with Gasteiger partial charge < -0.3 is 15.5 Å². The summed E-state index contributed by atoms with van der Waals surface area (Å²) in [7, 11) is 1.82. The Morgan fingerprint density at radius 1 is 1.05 bits per heavy atom. The summed E-state index contributed by atoms with van der Waals surface area (Å²) in [6.07, 6.45) is 2.98. The summed E-state index contributed by atoms with van der Waals surface area (Å²) in [6, 6.07) is 21.3. The molecule has 0 radical (unpaired) electrons. The van der Waals surface area contributed by atoms with Gasteiger partial charge in [-0.1, -0.05) is 48.9 Å². The van der Waals surface area contributed by atoms with Crippen LogP contribution >= 0.6 is 11.6 Å². The Morgan fingerprint density at radius 2 is 1.76 bits per heavy atom. The number of nitrogens with one attached hydrogen (secondary N) is 2. The number of anilines is 3. The van der Waals surface area contributed by atoms with Crippen molar-refractivity contribution in [3.63, 3.8) is 0 Å². The molecule has 2 N–H and O–H groups in total. The quantitative estimate of drug-likeness (QED) is 0.291. The van der Waals surface area contributed by atoms with Crippen molar-refractivity contribution in [2.24, 2.45) is 0 Å². The molecule has 4 aromatic rings. The maximum Gasteiger partial charge on any atom is 0.253 e. The second-order valence-corrected chi connectivity index (χ2v) is 10.0. The van der Waals surface area contributed by atoms with E-state index >= 15 is 0 Å². The van der Waals surface area contributed by atoms with Crippen LogP contribution in [0.25, 0.3) is 11.1 Å². The van der Waals surface area contributed by atoms with Gasteiger partial charge in [0, 0.05) is 41.6 Å². The molecule has 0 bridgehead atoms. The summed E-state index contributed by atoms with van der Waals surface area (Å²) in [6.45, 7) is 4.66. The van der Waals surface area contributed by atoms with Gasteiger partial charge in [0.15, 0.2) is 0 Å². The van der Waals surface area contributed by atoms with E-state index in [1.807, 2.05) is 50.4 Å². The number of fused-ring (bicyclic) bond motifs is 3. The van der Waals surface area contributed by atoms with E-state index in [1.54, 1.807) is 17.2 Å². The molecule has 0 fully saturated rings. The molecule has 1 aromatic heterocycles. The topological polar surface area (TPSA) is 74.3 Å². The SMILES string of the molecule is CCc1ccc(CN(C)C(=O)c2ccc(Nc3ncc4c(c3C)-c3ccc(Cl)cc3NC(=O)C4)cc2)cc1. The van der Waals surface area contributed by atoms with Crippen molar-refractivity contribution in [2.75, 3.05) is 17.7 Å². The average molecular weight is 525 g/mol. The lowest BCUT2D eigenvalue weighted by molar-refractivity contribution is -0.115. The molecule has 0 saturated heterocycles. The zero-order valence-corrected chi connectivity index (χ0v) is 22.4. The second-order valence-electron chi connectivity index (χ2n) is 9.58. The summed E-state index contributed by atoms with van der Waals surface area (Å²) in [5.41, 5.74) is 8.16. The fourth-order valence-corrected chi connectivity index (χ4v) is 4.95. The van der Waals surface area contributed by atoms with Crippen LogP contribution in [0.15, 0.2) is 72.9 Å². The number of halogens is 1. The van der Waals surface area contributed by atoms with Crippen molar-refractivity contribution in [1.82, 2.24) is 9.88 Å². The number of benzene rings is 3. The van der Waals surface area contributed by atoms with Gasteiger partial charge in [-0.3, -0.25) is 9.59 Å². The van der Waals surface area contributed by atoms with Gasteiger partial charge in [-0.2, -0.15) is 0 Å². The van der Waals surface area contributed by atoms with Crippen molar-refractivity contribution in [2.45, 2.75) is 33.2 Å². The number of hydrogen-bond acceptors (Lipinski definition) is 4. The monoisotopic (exact) mass is 524 g/mol. The predicted molar refractivity (Wildman–Crippen MR) is 153 cm³/mol. The third-order valence-electron chi connectivity index (χ3n) is 6.87. The number of nitrogens with zero attached hydrogens (tertiary/aromatic N) is 2. The molecule has 2 heterocycles. The molecule has 0 spiro atoms. The Kier molecular flexibility index (Phi) is 7.16. The number of rotatable bonds is 6. The standard InChI is InChI=1S/C31H29ClN4O2/c1-4-20-5-7-21(8-6-20)18-36(3)31(38)22-9-12-25(13-10-22)34-30-19(2)29-23(17-33-30)15-28(37)35-27-16-24(32)11-14-26(27)29/h5-14,16-17H,4,15,18H2,1-3H3,(H,33,34)(H,35,37). The van der Waals surface area contributed by atoms with Gasteiger partial charge in [0.05, 0.1) is 12.1 Å². The number of pyridine rings is 1. The fraction of sp³-hybridized carbons (Fsp3) is 0.194. The van der Waals surface area contributed by atoms with Gasteiger partial charge in [0.2, 0.25) is 5.91 Å². The van der Waals surface area contributed by atoms with E-state index in [1.165, 1.54) is 5.56 Å². The highest BCUT2D eigenvalue weighted by Gasteiger charge is 2.23. The lowest BCUT2D eigenvalue weighted by Crippen LogP contribution is -2.26. The highest BCUT2D eigenvalue weighted by Crippen LogP contribution is 2.39. The average Bonchev–Trinajstić information content (AvgIpc) is 3.05. The fourth-order valence-electron chi connectivity index (χ4n) is 4.78. The molecule has 192 valence electrons. The van der Waals surface area contributed by atoms with E-state index in [2.05, 4.69) is 46.8 Å². The zero-order valence-electron chi connectivity index (χ0n) is 21.6. The van der Waals surface area contributed by atoms with E-state index in [4.69, 9.17) is 11.6 Å². The van der Waals surface area contributed by atoms with Crippen molar-refractivity contribution < 1.29 is 9.59 Å². The number of amides is 2. The normalized spacial score (nSPS) is 12.2. The summed E-state index contributed by atoms with van der Waals surface area (Å²) in [5, 5.41) is 6.88. The van der Waals surface area contributed by atoms with E-state index in [9.17, 15) is 9.59 Å². The van der Waals surface area contributed by atoms with Crippen LogP contribution in [0.2, 0.25) is 5.02 Å². The molecule has 0 atom stereocenters. The first-order valence-electron chi connectivity index (χ1n) is 12.6. The van der Waals surface area contributed by atoms with Gasteiger partial charge in [-0.15, -0.1) is 0 Å². The van der Waals surface area contributed by atoms with Crippen LogP contribution in [-0.2, 0) is 24.2 Å². The van der Waals surface area contributed by atoms with Crippen LogP contribution < -0.4 is 10.6 Å². The Morgan fingerprint density at radius 3 is 2.47 bits per heavy atom. The molecule has 6 nitrogen and oxygen atoms in total. The molecule has 38 heavy (non-hydrogen) atoms. The Balaban J connectivity index is 1.34. The Hall–Kier alpha value is -4.16. The molecule has 2 amide bonds. The van der Waals surface area contributed by atoms with E-state index in [0.29, 0.717) is 28.6 Å². The molecular weight excluding hydrogens is 496 g/mol. The minimum Gasteiger partial charge on any atom is -0.340 e. The molecular formula is C31H29ClN4O2. The number of carbonyl (C=O) groups excluding carboxylic acids is 2. The number of aryl methyl sites for hydroxylation is 1. The summed E-state index contributed by atoms with van der Waals surface area (Å²) < 4.78 is 0. The van der Waals surface area contributed by atoms with Crippen molar-refractivity contribution in [3.05, 3.63) is 106 Å². The summed E-state index contributed by atoms with van der Waals surface area (Å²) in [5.74, 6) is 0.547. The van der Waals surface area contributed by atoms with Crippen LogP contribution in [0.1, 0.15) is 39.5 Å². The Bertz CT molecular complexity index is 1510. The smallest absolute Gasteiger partial charge is 0.253 e. The maximum absolute atomic E-state index is 13.0. The van der Waals surface area contributed by atoms with Gasteiger partial charge in [-0.05, 0) is 77.6 Å². The molecule has 5 rings (SSSR count). The van der Waals surface area contributed by atoms with Crippen LogP contribution in [0.5, 0.6) is 0 Å². The molecule has 3 aromatic carbocycles. The van der Waals surface area contributed by atoms with Crippen molar-refractivity contribution >= 4 is 40.6 Å². The third-order valence-corrected chi connectivity index (χ3v) is 7.10. The predicted octanol–water partition coefficient (Wildman–Crippen LogP) is 6.78. The lowest BCUT2D eigenvalue weighted by Gasteiger charge is -2.18. The molecule has 0 saturated carbocycles. The number of carbonyl (C=O) groups is 2. The summed E-state index contributed by atoms with van der Waals surface area (Å²) >= 11 is 6.19. The van der Waals surface area contributed by atoms with E-state index in [0.717, 1.165) is 39.9 Å². The molecule has 0 aliphatic carbocycles. The zero-order chi connectivity index (χ0) is 26.8. The van der Waals surface area contributed by atoms with Gasteiger partial charge in [0.1, 0.15) is 5.82 Å². The largest absolute Gasteiger partial charge is 0.340 e. The van der Waals surface area contributed by atoms with E-state index in [-0.39, 0.29) is 18.2 Å². The maximum atomic E-state index is 13.0. The molecule has 1 aliphatic heterocycles. The van der Waals surface area contributed by atoms with E-state index < -0.39 is 0 Å². The first-order valence-corrected chi connectivity index (χ1v) is 13.0. The number of aromatic nitrogens is 1. The third kappa shape index (κ3) is 5.27. The molecule has 1 aliphatic rings.